The molecular weight excluding hydrogens is 490 g/mol. The average Bonchev–Trinajstić information content (AvgIpc) is 3.53. The molecule has 0 amide bonds. The molecule has 1 aliphatic heterocycles. The van der Waals surface area contributed by atoms with Crippen molar-refractivity contribution < 1.29 is 14.3 Å². The van der Waals surface area contributed by atoms with E-state index in [0.29, 0.717) is 10.9 Å². The smallest absolute Gasteiger partial charge is 0.328 e. The summed E-state index contributed by atoms with van der Waals surface area (Å²) in [5.41, 5.74) is 4.65. The highest BCUT2D eigenvalue weighted by Gasteiger charge is 2.34. The van der Waals surface area contributed by atoms with Gasteiger partial charge in [0, 0.05) is 23.0 Å². The van der Waals surface area contributed by atoms with Crippen molar-refractivity contribution in [2.24, 2.45) is 11.8 Å². The maximum absolute atomic E-state index is 13.4. The lowest BCUT2D eigenvalue weighted by molar-refractivity contribution is -0.152. The van der Waals surface area contributed by atoms with Crippen LogP contribution in [0.2, 0.25) is 5.02 Å². The summed E-state index contributed by atoms with van der Waals surface area (Å²) in [5.74, 6) is 2.03. The molecule has 1 saturated carbocycles. The van der Waals surface area contributed by atoms with Gasteiger partial charge in [-0.15, -0.1) is 11.3 Å². The van der Waals surface area contributed by atoms with Gasteiger partial charge in [-0.25, -0.2) is 4.79 Å². The van der Waals surface area contributed by atoms with Crippen LogP contribution in [0.4, 0.5) is 0 Å². The Morgan fingerprint density at radius 2 is 1.97 bits per heavy atom. The molecule has 1 fully saturated rings. The van der Waals surface area contributed by atoms with Crippen LogP contribution in [-0.2, 0) is 29.1 Å². The predicted octanol–water partition coefficient (Wildman–Crippen LogP) is 6.98. The standard InChI is InChI=1S/C30H30ClNO3S/c31-27-4-2-1-3-26(27)29(32-13-11-28-23(17-32)12-14-36-28)30(33)35-18-20-6-9-25(10-7-20)34-19-21-5-8-22-16-24(22)15-21/h1-4,6-7,9-10,12,14,16,21-22,29H,5,8,11,13,15,17-19H2/t21?,22?,29-/m0/s1. The van der Waals surface area contributed by atoms with Gasteiger partial charge >= 0.3 is 5.97 Å². The Labute approximate surface area is 221 Å². The number of rotatable bonds is 8. The van der Waals surface area contributed by atoms with Gasteiger partial charge in [-0.2, -0.15) is 0 Å². The highest BCUT2D eigenvalue weighted by Crippen LogP contribution is 2.44. The van der Waals surface area contributed by atoms with Crippen LogP contribution in [0.5, 0.6) is 5.75 Å². The molecule has 0 N–H and O–H groups in total. The molecule has 4 nitrogen and oxygen atoms in total. The van der Waals surface area contributed by atoms with Crippen LogP contribution >= 0.6 is 22.9 Å². The number of benzene rings is 2. The van der Waals surface area contributed by atoms with Gasteiger partial charge in [-0.1, -0.05) is 53.6 Å². The molecule has 0 radical (unpaired) electrons. The van der Waals surface area contributed by atoms with Crippen molar-refractivity contribution in [2.45, 2.75) is 44.9 Å². The van der Waals surface area contributed by atoms with Crippen LogP contribution in [0.25, 0.3) is 0 Å². The number of carbonyl (C=O) groups is 1. The number of ether oxygens (including phenoxy) is 2. The zero-order valence-electron chi connectivity index (χ0n) is 20.2. The first-order valence-corrected chi connectivity index (χ1v) is 14.0. The third-order valence-electron chi connectivity index (χ3n) is 7.61. The maximum Gasteiger partial charge on any atom is 0.328 e. The molecule has 6 heteroatoms. The third kappa shape index (κ3) is 5.24. The molecule has 0 bridgehead atoms. The Balaban J connectivity index is 1.08. The van der Waals surface area contributed by atoms with Crippen LogP contribution in [0, 0.1) is 11.8 Å². The molecular formula is C30H30ClNO3S. The molecule has 2 aromatic carbocycles. The molecule has 2 aliphatic carbocycles. The van der Waals surface area contributed by atoms with Gasteiger partial charge in [-0.05, 0) is 83.9 Å². The second-order valence-electron chi connectivity index (χ2n) is 10.1. The number of allylic oxidation sites excluding steroid dienone is 2. The molecule has 3 atom stereocenters. The summed E-state index contributed by atoms with van der Waals surface area (Å²) in [6.07, 6.45) is 7.06. The van der Waals surface area contributed by atoms with Crippen molar-refractivity contribution in [3.05, 3.63) is 98.2 Å². The molecule has 3 aromatic rings. The summed E-state index contributed by atoms with van der Waals surface area (Å²) in [4.78, 5) is 17.0. The van der Waals surface area contributed by atoms with Crippen molar-refractivity contribution >= 4 is 28.9 Å². The average molecular weight is 520 g/mol. The molecule has 0 spiro atoms. The summed E-state index contributed by atoms with van der Waals surface area (Å²) in [6.45, 7) is 2.49. The van der Waals surface area contributed by atoms with Gasteiger partial charge in [0.05, 0.1) is 6.61 Å². The monoisotopic (exact) mass is 519 g/mol. The van der Waals surface area contributed by atoms with Gasteiger partial charge in [0.25, 0.3) is 0 Å². The first kappa shape index (κ1) is 23.8. The second kappa shape index (κ2) is 10.4. The topological polar surface area (TPSA) is 38.8 Å². The first-order chi connectivity index (χ1) is 17.6. The second-order valence-corrected chi connectivity index (χ2v) is 11.5. The molecule has 2 unspecified atom stereocenters. The van der Waals surface area contributed by atoms with Gasteiger partial charge in [-0.3, -0.25) is 4.90 Å². The Kier molecular flexibility index (Phi) is 6.87. The number of fused-ring (bicyclic) bond motifs is 2. The van der Waals surface area contributed by atoms with E-state index in [1.54, 1.807) is 16.9 Å². The SMILES string of the molecule is O=C(OCc1ccc(OCC2CCC3C=C3C2)cc1)[C@H](c1ccccc1Cl)N1CCc2sccc2C1. The molecule has 1 aromatic heterocycles. The molecule has 2 heterocycles. The summed E-state index contributed by atoms with van der Waals surface area (Å²) in [5, 5.41) is 2.71. The van der Waals surface area contributed by atoms with Crippen LogP contribution in [0.3, 0.4) is 0 Å². The number of esters is 1. The van der Waals surface area contributed by atoms with E-state index in [9.17, 15) is 4.79 Å². The fraction of sp³-hybridized carbons (Fsp3) is 0.367. The Morgan fingerprint density at radius 3 is 2.81 bits per heavy atom. The molecule has 186 valence electrons. The third-order valence-corrected chi connectivity index (χ3v) is 8.98. The first-order valence-electron chi connectivity index (χ1n) is 12.8. The lowest BCUT2D eigenvalue weighted by Gasteiger charge is -2.33. The van der Waals surface area contributed by atoms with E-state index in [2.05, 4.69) is 22.4 Å². The van der Waals surface area contributed by atoms with E-state index >= 15 is 0 Å². The zero-order valence-corrected chi connectivity index (χ0v) is 21.8. The lowest BCUT2D eigenvalue weighted by atomic mass is 9.89. The van der Waals surface area contributed by atoms with Crippen LogP contribution in [0.1, 0.15) is 46.9 Å². The molecule has 6 rings (SSSR count). The fourth-order valence-electron chi connectivity index (χ4n) is 5.48. The minimum atomic E-state index is -0.536. The lowest BCUT2D eigenvalue weighted by Crippen LogP contribution is -2.38. The van der Waals surface area contributed by atoms with Crippen molar-refractivity contribution in [1.29, 1.82) is 0 Å². The Morgan fingerprint density at radius 1 is 1.11 bits per heavy atom. The van der Waals surface area contributed by atoms with E-state index in [4.69, 9.17) is 21.1 Å². The summed E-state index contributed by atoms with van der Waals surface area (Å²) in [6, 6.07) is 17.1. The van der Waals surface area contributed by atoms with E-state index < -0.39 is 6.04 Å². The maximum atomic E-state index is 13.4. The van der Waals surface area contributed by atoms with Crippen molar-refractivity contribution in [3.63, 3.8) is 0 Å². The molecule has 3 aliphatic rings. The fourth-order valence-corrected chi connectivity index (χ4v) is 6.61. The number of hydrogen-bond acceptors (Lipinski definition) is 5. The van der Waals surface area contributed by atoms with Gasteiger partial charge in [0.15, 0.2) is 0 Å². The summed E-state index contributed by atoms with van der Waals surface area (Å²) >= 11 is 8.33. The van der Waals surface area contributed by atoms with Crippen molar-refractivity contribution in [1.82, 2.24) is 4.90 Å². The normalized spacial score (nSPS) is 21.6. The highest BCUT2D eigenvalue weighted by molar-refractivity contribution is 7.10. The minimum Gasteiger partial charge on any atom is -0.493 e. The molecule has 36 heavy (non-hydrogen) atoms. The number of nitrogens with zero attached hydrogens (tertiary/aromatic N) is 1. The Bertz CT molecular complexity index is 1270. The number of halogens is 1. The van der Waals surface area contributed by atoms with Gasteiger partial charge < -0.3 is 9.47 Å². The predicted molar refractivity (Wildman–Crippen MR) is 143 cm³/mol. The van der Waals surface area contributed by atoms with Gasteiger partial charge in [0.2, 0.25) is 0 Å². The Hall–Kier alpha value is -2.60. The van der Waals surface area contributed by atoms with Crippen LogP contribution in [0.15, 0.2) is 71.6 Å². The quantitative estimate of drug-likeness (QED) is 0.238. The molecule has 0 saturated heterocycles. The number of thiophene rings is 1. The van der Waals surface area contributed by atoms with Gasteiger partial charge in [0.1, 0.15) is 18.4 Å². The van der Waals surface area contributed by atoms with Crippen LogP contribution < -0.4 is 4.74 Å². The van der Waals surface area contributed by atoms with E-state index in [-0.39, 0.29) is 12.6 Å². The van der Waals surface area contributed by atoms with Crippen molar-refractivity contribution in [2.75, 3.05) is 13.2 Å². The summed E-state index contributed by atoms with van der Waals surface area (Å²) in [7, 11) is 0. The number of carbonyl (C=O) groups excluding carboxylic acids is 1. The minimum absolute atomic E-state index is 0.218. The van der Waals surface area contributed by atoms with E-state index in [1.807, 2.05) is 48.5 Å². The number of hydrogen-bond donors (Lipinski definition) is 0. The van der Waals surface area contributed by atoms with E-state index in [1.165, 1.54) is 29.7 Å². The largest absolute Gasteiger partial charge is 0.493 e. The van der Waals surface area contributed by atoms with E-state index in [0.717, 1.165) is 48.9 Å². The summed E-state index contributed by atoms with van der Waals surface area (Å²) < 4.78 is 11.9. The van der Waals surface area contributed by atoms with Crippen LogP contribution in [-0.4, -0.2) is 24.0 Å². The highest BCUT2D eigenvalue weighted by atomic mass is 35.5. The zero-order chi connectivity index (χ0) is 24.5. The van der Waals surface area contributed by atoms with Crippen molar-refractivity contribution in [3.8, 4) is 5.75 Å².